The SMILES string of the molecule is CCN(Cc1nonc1C)C(=O)c1cccnc1. The van der Waals surface area contributed by atoms with Crippen LogP contribution in [-0.4, -0.2) is 32.6 Å². The van der Waals surface area contributed by atoms with Crippen LogP contribution in [0.3, 0.4) is 0 Å². The molecule has 2 aromatic heterocycles. The van der Waals surface area contributed by atoms with E-state index in [1.807, 2.05) is 6.92 Å². The molecule has 0 atom stereocenters. The zero-order valence-corrected chi connectivity index (χ0v) is 10.3. The van der Waals surface area contributed by atoms with Gasteiger partial charge in [0.15, 0.2) is 0 Å². The van der Waals surface area contributed by atoms with Gasteiger partial charge in [-0.2, -0.15) is 0 Å². The van der Waals surface area contributed by atoms with Crippen molar-refractivity contribution in [3.05, 3.63) is 41.5 Å². The third-order valence-corrected chi connectivity index (χ3v) is 2.66. The van der Waals surface area contributed by atoms with Gasteiger partial charge in [-0.05, 0) is 26.0 Å². The maximum Gasteiger partial charge on any atom is 0.255 e. The lowest BCUT2D eigenvalue weighted by atomic mass is 10.2. The fourth-order valence-corrected chi connectivity index (χ4v) is 1.57. The quantitative estimate of drug-likeness (QED) is 0.816. The molecule has 2 heterocycles. The molecule has 0 bridgehead atoms. The van der Waals surface area contributed by atoms with E-state index < -0.39 is 0 Å². The van der Waals surface area contributed by atoms with Crippen molar-refractivity contribution in [2.75, 3.05) is 6.54 Å². The molecule has 0 saturated heterocycles. The fourth-order valence-electron chi connectivity index (χ4n) is 1.57. The molecule has 0 N–H and O–H groups in total. The van der Waals surface area contributed by atoms with Crippen molar-refractivity contribution in [2.45, 2.75) is 20.4 Å². The second-order valence-electron chi connectivity index (χ2n) is 3.86. The molecule has 0 aliphatic rings. The molecular formula is C12H14N4O2. The van der Waals surface area contributed by atoms with Crippen molar-refractivity contribution >= 4 is 5.91 Å². The molecule has 0 spiro atoms. The first-order chi connectivity index (χ1) is 8.72. The average molecular weight is 246 g/mol. The van der Waals surface area contributed by atoms with Crippen molar-refractivity contribution in [1.82, 2.24) is 20.2 Å². The molecule has 0 radical (unpaired) electrons. The molecule has 94 valence electrons. The van der Waals surface area contributed by atoms with E-state index in [1.54, 1.807) is 36.4 Å². The topological polar surface area (TPSA) is 72.1 Å². The highest BCUT2D eigenvalue weighted by atomic mass is 16.6. The number of amides is 1. The molecule has 1 amide bonds. The van der Waals surface area contributed by atoms with Crippen LogP contribution in [0.15, 0.2) is 29.2 Å². The van der Waals surface area contributed by atoms with Gasteiger partial charge >= 0.3 is 0 Å². The zero-order chi connectivity index (χ0) is 13.0. The number of pyridine rings is 1. The summed E-state index contributed by atoms with van der Waals surface area (Å²) in [5, 5.41) is 7.48. The van der Waals surface area contributed by atoms with E-state index >= 15 is 0 Å². The van der Waals surface area contributed by atoms with E-state index in [0.717, 1.165) is 0 Å². The summed E-state index contributed by atoms with van der Waals surface area (Å²) < 4.78 is 4.63. The van der Waals surface area contributed by atoms with Gasteiger partial charge in [-0.3, -0.25) is 9.78 Å². The van der Waals surface area contributed by atoms with Crippen molar-refractivity contribution in [2.24, 2.45) is 0 Å². The van der Waals surface area contributed by atoms with Crippen LogP contribution in [0.1, 0.15) is 28.7 Å². The summed E-state index contributed by atoms with van der Waals surface area (Å²) in [6, 6.07) is 3.48. The minimum atomic E-state index is -0.0759. The summed E-state index contributed by atoms with van der Waals surface area (Å²) in [7, 11) is 0. The highest BCUT2D eigenvalue weighted by molar-refractivity contribution is 5.93. The minimum absolute atomic E-state index is 0.0759. The molecule has 0 aliphatic carbocycles. The van der Waals surface area contributed by atoms with Crippen LogP contribution < -0.4 is 0 Å². The van der Waals surface area contributed by atoms with Crippen LogP contribution in [-0.2, 0) is 6.54 Å². The lowest BCUT2D eigenvalue weighted by Crippen LogP contribution is -2.30. The number of carbonyl (C=O) groups excluding carboxylic acids is 1. The number of nitrogens with zero attached hydrogens (tertiary/aromatic N) is 4. The molecule has 6 nitrogen and oxygen atoms in total. The van der Waals surface area contributed by atoms with Gasteiger partial charge < -0.3 is 4.90 Å². The maximum absolute atomic E-state index is 12.2. The first-order valence-electron chi connectivity index (χ1n) is 5.69. The number of aryl methyl sites for hydroxylation is 1. The van der Waals surface area contributed by atoms with Crippen LogP contribution in [0.5, 0.6) is 0 Å². The van der Waals surface area contributed by atoms with E-state index in [4.69, 9.17) is 0 Å². The van der Waals surface area contributed by atoms with E-state index in [0.29, 0.717) is 30.0 Å². The lowest BCUT2D eigenvalue weighted by molar-refractivity contribution is 0.0748. The normalized spacial score (nSPS) is 10.3. The largest absolute Gasteiger partial charge is 0.333 e. The zero-order valence-electron chi connectivity index (χ0n) is 10.3. The van der Waals surface area contributed by atoms with Gasteiger partial charge in [-0.15, -0.1) is 0 Å². The maximum atomic E-state index is 12.2. The number of carbonyl (C=O) groups is 1. The Hall–Kier alpha value is -2.24. The second-order valence-corrected chi connectivity index (χ2v) is 3.86. The smallest absolute Gasteiger partial charge is 0.255 e. The first kappa shape index (κ1) is 12.2. The van der Waals surface area contributed by atoms with Crippen LogP contribution in [0.25, 0.3) is 0 Å². The van der Waals surface area contributed by atoms with Crippen LogP contribution in [0.4, 0.5) is 0 Å². The predicted octanol–water partition coefficient (Wildman–Crippen LogP) is 1.44. The van der Waals surface area contributed by atoms with Gasteiger partial charge in [-0.25, -0.2) is 4.63 Å². The summed E-state index contributed by atoms with van der Waals surface area (Å²) in [6.45, 7) is 4.69. The Kier molecular flexibility index (Phi) is 3.66. The Morgan fingerprint density at radius 2 is 2.28 bits per heavy atom. The van der Waals surface area contributed by atoms with Crippen molar-refractivity contribution in [1.29, 1.82) is 0 Å². The van der Waals surface area contributed by atoms with Gasteiger partial charge in [0, 0.05) is 18.9 Å². The molecule has 0 fully saturated rings. The van der Waals surface area contributed by atoms with E-state index in [-0.39, 0.29) is 5.91 Å². The Bertz CT molecular complexity index is 524. The Balaban J connectivity index is 2.15. The highest BCUT2D eigenvalue weighted by Gasteiger charge is 2.17. The average Bonchev–Trinajstić information content (AvgIpc) is 2.81. The summed E-state index contributed by atoms with van der Waals surface area (Å²) in [5.74, 6) is -0.0759. The predicted molar refractivity (Wildman–Crippen MR) is 63.7 cm³/mol. The monoisotopic (exact) mass is 246 g/mol. The van der Waals surface area contributed by atoms with Crippen molar-refractivity contribution < 1.29 is 9.42 Å². The van der Waals surface area contributed by atoms with Gasteiger partial charge in [0.05, 0.1) is 12.1 Å². The standard InChI is InChI=1S/C12H14N4O2/c1-3-16(8-11-9(2)14-18-15-11)12(17)10-5-4-6-13-7-10/h4-7H,3,8H2,1-2H3. The fraction of sp³-hybridized carbons (Fsp3) is 0.333. The lowest BCUT2D eigenvalue weighted by Gasteiger charge is -2.19. The summed E-state index contributed by atoms with van der Waals surface area (Å²) in [6.07, 6.45) is 3.19. The Morgan fingerprint density at radius 3 is 2.83 bits per heavy atom. The summed E-state index contributed by atoms with van der Waals surface area (Å²) >= 11 is 0. The highest BCUT2D eigenvalue weighted by Crippen LogP contribution is 2.09. The molecule has 6 heteroatoms. The molecule has 2 rings (SSSR count). The Labute approximate surface area is 105 Å². The van der Waals surface area contributed by atoms with Crippen LogP contribution >= 0.6 is 0 Å². The van der Waals surface area contributed by atoms with E-state index in [1.165, 1.54) is 0 Å². The number of rotatable bonds is 4. The molecule has 0 aliphatic heterocycles. The summed E-state index contributed by atoms with van der Waals surface area (Å²) in [4.78, 5) is 17.8. The van der Waals surface area contributed by atoms with Gasteiger partial charge in [0.2, 0.25) is 0 Å². The molecular weight excluding hydrogens is 232 g/mol. The van der Waals surface area contributed by atoms with Crippen LogP contribution in [0.2, 0.25) is 0 Å². The van der Waals surface area contributed by atoms with Crippen molar-refractivity contribution in [3.63, 3.8) is 0 Å². The molecule has 2 aromatic rings. The molecule has 0 unspecified atom stereocenters. The Morgan fingerprint density at radius 1 is 1.44 bits per heavy atom. The van der Waals surface area contributed by atoms with Gasteiger partial charge in [0.1, 0.15) is 11.4 Å². The summed E-state index contributed by atoms with van der Waals surface area (Å²) in [5.41, 5.74) is 1.94. The van der Waals surface area contributed by atoms with Crippen molar-refractivity contribution in [3.8, 4) is 0 Å². The third kappa shape index (κ3) is 2.53. The first-order valence-corrected chi connectivity index (χ1v) is 5.69. The van der Waals surface area contributed by atoms with E-state index in [9.17, 15) is 4.79 Å². The van der Waals surface area contributed by atoms with Gasteiger partial charge in [0.25, 0.3) is 5.91 Å². The number of aromatic nitrogens is 3. The minimum Gasteiger partial charge on any atom is -0.333 e. The number of hydrogen-bond acceptors (Lipinski definition) is 5. The number of hydrogen-bond donors (Lipinski definition) is 0. The van der Waals surface area contributed by atoms with Crippen LogP contribution in [0, 0.1) is 6.92 Å². The second kappa shape index (κ2) is 5.39. The molecule has 0 saturated carbocycles. The molecule has 0 aromatic carbocycles. The third-order valence-electron chi connectivity index (χ3n) is 2.66. The molecule has 18 heavy (non-hydrogen) atoms. The van der Waals surface area contributed by atoms with E-state index in [2.05, 4.69) is 19.9 Å². The van der Waals surface area contributed by atoms with Gasteiger partial charge in [-0.1, -0.05) is 10.3 Å².